The summed E-state index contributed by atoms with van der Waals surface area (Å²) in [6.45, 7) is 5.62. The molecular weight excluding hydrogens is 493 g/mol. The summed E-state index contributed by atoms with van der Waals surface area (Å²) in [5.74, 6) is -1.27. The molecule has 0 spiro atoms. The van der Waals surface area contributed by atoms with E-state index in [1.54, 1.807) is 17.2 Å². The quantitative estimate of drug-likeness (QED) is 0.398. The Bertz CT molecular complexity index is 1630. The monoisotopic (exact) mass is 519 g/mol. The van der Waals surface area contributed by atoms with Crippen molar-refractivity contribution in [2.24, 2.45) is 0 Å². The molecule has 38 heavy (non-hydrogen) atoms. The number of nitrogens with zero attached hydrogens (tertiary/aromatic N) is 6. The Morgan fingerprint density at radius 1 is 1.18 bits per heavy atom. The number of ether oxygens (including phenoxy) is 1. The lowest BCUT2D eigenvalue weighted by atomic mass is 10.1. The van der Waals surface area contributed by atoms with Crippen molar-refractivity contribution in [1.82, 2.24) is 29.0 Å². The number of hydrogen-bond acceptors (Lipinski definition) is 7. The minimum Gasteiger partial charge on any atom is -0.383 e. The lowest BCUT2D eigenvalue weighted by Gasteiger charge is -2.23. The fraction of sp³-hybridized carbons (Fsp3) is 0.308. The Morgan fingerprint density at radius 3 is 2.68 bits per heavy atom. The van der Waals surface area contributed by atoms with Gasteiger partial charge in [0.1, 0.15) is 29.5 Å². The zero-order valence-electron chi connectivity index (χ0n) is 21.4. The molecule has 11 nitrogen and oxygen atoms in total. The summed E-state index contributed by atoms with van der Waals surface area (Å²) in [6, 6.07) is 5.77. The molecule has 4 aromatic rings. The molecule has 1 aliphatic rings. The summed E-state index contributed by atoms with van der Waals surface area (Å²) in [5.41, 5.74) is 3.17. The third kappa shape index (κ3) is 4.43. The van der Waals surface area contributed by atoms with Crippen LogP contribution in [0.1, 0.15) is 34.2 Å². The predicted octanol–water partition coefficient (Wildman–Crippen LogP) is 2.34. The van der Waals surface area contributed by atoms with Gasteiger partial charge in [0.25, 0.3) is 11.5 Å². The van der Waals surface area contributed by atoms with Crippen LogP contribution in [0.15, 0.2) is 41.5 Å². The van der Waals surface area contributed by atoms with Gasteiger partial charge >= 0.3 is 0 Å². The van der Waals surface area contributed by atoms with Crippen molar-refractivity contribution >= 4 is 23.3 Å². The zero-order valence-corrected chi connectivity index (χ0v) is 21.4. The van der Waals surface area contributed by atoms with Crippen molar-refractivity contribution in [2.75, 3.05) is 19.0 Å². The fourth-order valence-electron chi connectivity index (χ4n) is 4.64. The van der Waals surface area contributed by atoms with Crippen LogP contribution in [0.25, 0.3) is 16.9 Å². The number of aryl methyl sites for hydroxylation is 2. The first-order valence-corrected chi connectivity index (χ1v) is 12.0. The van der Waals surface area contributed by atoms with Gasteiger partial charge in [0, 0.05) is 30.6 Å². The Hall–Kier alpha value is -4.45. The summed E-state index contributed by atoms with van der Waals surface area (Å²) in [7, 11) is 1.54. The van der Waals surface area contributed by atoms with Crippen LogP contribution in [0.3, 0.4) is 0 Å². The molecular formula is C26H26FN7O4. The summed E-state index contributed by atoms with van der Waals surface area (Å²) < 4.78 is 21.2. The summed E-state index contributed by atoms with van der Waals surface area (Å²) in [4.78, 5) is 49.9. The van der Waals surface area contributed by atoms with Crippen LogP contribution in [-0.4, -0.2) is 60.6 Å². The van der Waals surface area contributed by atoms with Crippen molar-refractivity contribution in [2.45, 2.75) is 39.9 Å². The maximum atomic E-state index is 13.6. The molecule has 1 aliphatic heterocycles. The first kappa shape index (κ1) is 25.2. The van der Waals surface area contributed by atoms with E-state index in [2.05, 4.69) is 20.4 Å². The molecule has 0 aliphatic carbocycles. The highest BCUT2D eigenvalue weighted by molar-refractivity contribution is 5.99. The van der Waals surface area contributed by atoms with Gasteiger partial charge in [-0.15, -0.1) is 0 Å². The minimum atomic E-state index is -0.535. The molecule has 0 fully saturated rings. The second-order valence-electron chi connectivity index (χ2n) is 9.31. The minimum absolute atomic E-state index is 0.0667. The van der Waals surface area contributed by atoms with Crippen LogP contribution in [0, 0.1) is 19.7 Å². The van der Waals surface area contributed by atoms with Gasteiger partial charge in [0.15, 0.2) is 0 Å². The van der Waals surface area contributed by atoms with Crippen molar-refractivity contribution in [3.8, 4) is 11.3 Å². The summed E-state index contributed by atoms with van der Waals surface area (Å²) in [6.07, 6.45) is 2.72. The topological polar surface area (TPSA) is 124 Å². The Kier molecular flexibility index (Phi) is 6.49. The van der Waals surface area contributed by atoms with Crippen molar-refractivity contribution < 1.29 is 18.7 Å². The van der Waals surface area contributed by atoms with E-state index in [0.717, 1.165) is 23.0 Å². The van der Waals surface area contributed by atoms with E-state index in [4.69, 9.17) is 4.74 Å². The number of rotatable bonds is 7. The smallest absolute Gasteiger partial charge is 0.280 e. The number of aromatic nitrogens is 5. The number of carbonyl (C=O) groups is 2. The zero-order chi connectivity index (χ0) is 27.1. The standard InChI is InChI=1S/C26H26FN7O4/c1-14-9-28-15(2)7-18(14)20-8-23-33(12-22(35)30-21-6-5-17(27)10-29-21)24-19(25(36)34(23)31-20)11-32(26(24)37)16(3)13-38-4/h5-10,16H,11-13H2,1-4H3,(H,29,30,35)/t16-/m0/s1. The lowest BCUT2D eigenvalue weighted by molar-refractivity contribution is -0.116. The predicted molar refractivity (Wildman–Crippen MR) is 136 cm³/mol. The average Bonchev–Trinajstić information content (AvgIpc) is 3.47. The lowest BCUT2D eigenvalue weighted by Crippen LogP contribution is -2.37. The van der Waals surface area contributed by atoms with E-state index >= 15 is 0 Å². The van der Waals surface area contributed by atoms with Gasteiger partial charge in [0.05, 0.1) is 36.6 Å². The Balaban J connectivity index is 1.64. The van der Waals surface area contributed by atoms with E-state index in [-0.39, 0.29) is 54.4 Å². The molecule has 196 valence electrons. The van der Waals surface area contributed by atoms with Crippen LogP contribution in [0.5, 0.6) is 0 Å². The van der Waals surface area contributed by atoms with Gasteiger partial charge in [-0.3, -0.25) is 19.4 Å². The molecule has 0 unspecified atom stereocenters. The van der Waals surface area contributed by atoms with Crippen molar-refractivity contribution in [3.63, 3.8) is 0 Å². The number of methoxy groups -OCH3 is 1. The Morgan fingerprint density at radius 2 is 1.97 bits per heavy atom. The maximum Gasteiger partial charge on any atom is 0.280 e. The number of carbonyl (C=O) groups excluding carboxylic acids is 2. The number of amides is 2. The first-order valence-electron chi connectivity index (χ1n) is 12.0. The number of hydrogen-bond donors (Lipinski definition) is 1. The first-order chi connectivity index (χ1) is 18.2. The van der Waals surface area contributed by atoms with Crippen LogP contribution < -0.4 is 10.9 Å². The van der Waals surface area contributed by atoms with Crippen LogP contribution >= 0.6 is 0 Å². The van der Waals surface area contributed by atoms with Crippen molar-refractivity contribution in [3.05, 3.63) is 75.3 Å². The summed E-state index contributed by atoms with van der Waals surface area (Å²) >= 11 is 0. The van der Waals surface area contributed by atoms with Gasteiger partial charge in [-0.25, -0.2) is 9.37 Å². The van der Waals surface area contributed by atoms with Crippen molar-refractivity contribution in [1.29, 1.82) is 0 Å². The number of halogens is 1. The molecule has 1 atom stereocenters. The second kappa shape index (κ2) is 9.78. The van der Waals surface area contributed by atoms with Crippen LogP contribution in [0.4, 0.5) is 10.2 Å². The normalized spacial score (nSPS) is 13.7. The van der Waals surface area contributed by atoms with Gasteiger partial charge in [-0.1, -0.05) is 0 Å². The molecule has 12 heteroatoms. The van der Waals surface area contributed by atoms with Crippen LogP contribution in [-0.2, 0) is 22.6 Å². The van der Waals surface area contributed by atoms with Gasteiger partial charge in [0.2, 0.25) is 5.91 Å². The largest absolute Gasteiger partial charge is 0.383 e. The number of nitrogens with one attached hydrogen (secondary N) is 1. The molecule has 5 rings (SSSR count). The molecule has 0 aromatic carbocycles. The van der Waals surface area contributed by atoms with Crippen LogP contribution in [0.2, 0.25) is 0 Å². The maximum absolute atomic E-state index is 13.6. The molecule has 5 heterocycles. The average molecular weight is 520 g/mol. The third-order valence-electron chi connectivity index (χ3n) is 6.52. The highest BCUT2D eigenvalue weighted by atomic mass is 19.1. The molecule has 2 amide bonds. The second-order valence-corrected chi connectivity index (χ2v) is 9.31. The molecule has 4 aromatic heterocycles. The van der Waals surface area contributed by atoms with E-state index < -0.39 is 17.3 Å². The SMILES string of the molecule is COC[C@H](C)N1Cc2c(n(CC(=O)Nc3ccc(F)cn3)c3cc(-c4cc(C)ncc4C)nn3c2=O)C1=O. The fourth-order valence-corrected chi connectivity index (χ4v) is 4.64. The highest BCUT2D eigenvalue weighted by Crippen LogP contribution is 2.28. The van der Waals surface area contributed by atoms with E-state index in [1.807, 2.05) is 26.8 Å². The molecule has 0 saturated carbocycles. The molecule has 0 radical (unpaired) electrons. The Labute approximate surface area is 216 Å². The number of pyridine rings is 2. The number of fused-ring (bicyclic) bond motifs is 2. The van der Waals surface area contributed by atoms with Gasteiger partial charge < -0.3 is 19.5 Å². The molecule has 1 N–H and O–H groups in total. The summed E-state index contributed by atoms with van der Waals surface area (Å²) in [5, 5.41) is 7.18. The van der Waals surface area contributed by atoms with E-state index in [9.17, 15) is 18.8 Å². The number of anilines is 1. The van der Waals surface area contributed by atoms with Gasteiger partial charge in [-0.05, 0) is 44.5 Å². The molecule has 0 bridgehead atoms. The highest BCUT2D eigenvalue weighted by Gasteiger charge is 2.37. The third-order valence-corrected chi connectivity index (χ3v) is 6.52. The van der Waals surface area contributed by atoms with Gasteiger partial charge in [-0.2, -0.15) is 9.61 Å². The van der Waals surface area contributed by atoms with E-state index in [1.165, 1.54) is 28.3 Å². The van der Waals surface area contributed by atoms with E-state index in [0.29, 0.717) is 5.69 Å². The molecule has 0 saturated heterocycles.